The molecule has 0 radical (unpaired) electrons. The Kier molecular flexibility index (Phi) is 6.85. The zero-order valence-corrected chi connectivity index (χ0v) is 15.3. The van der Waals surface area contributed by atoms with Crippen molar-refractivity contribution in [3.8, 4) is 0 Å². The maximum absolute atomic E-state index is 12.7. The number of amides is 1. The van der Waals surface area contributed by atoms with Crippen LogP contribution >= 0.6 is 0 Å². The van der Waals surface area contributed by atoms with Gasteiger partial charge in [0.05, 0.1) is 11.7 Å². The van der Waals surface area contributed by atoms with E-state index in [0.717, 1.165) is 25.1 Å². The van der Waals surface area contributed by atoms with Gasteiger partial charge in [-0.15, -0.1) is 0 Å². The molecule has 138 valence electrons. The van der Waals surface area contributed by atoms with Crippen LogP contribution in [-0.4, -0.2) is 17.4 Å². The van der Waals surface area contributed by atoms with E-state index in [-0.39, 0.29) is 11.9 Å². The Morgan fingerprint density at radius 3 is 2.48 bits per heavy atom. The van der Waals surface area contributed by atoms with E-state index in [9.17, 15) is 4.79 Å². The summed E-state index contributed by atoms with van der Waals surface area (Å²) < 4.78 is 0. The minimum Gasteiger partial charge on any atom is -0.347 e. The van der Waals surface area contributed by atoms with Crippen molar-refractivity contribution in [1.82, 2.24) is 10.3 Å². The highest BCUT2D eigenvalue weighted by Crippen LogP contribution is 2.36. The van der Waals surface area contributed by atoms with Crippen molar-refractivity contribution in [1.29, 1.82) is 0 Å². The third kappa shape index (κ3) is 5.27. The summed E-state index contributed by atoms with van der Waals surface area (Å²) in [5.74, 6) is 1.92. The van der Waals surface area contributed by atoms with Crippen LogP contribution < -0.4 is 11.1 Å². The molecule has 0 bridgehead atoms. The average molecular weight is 344 g/mol. The molecule has 1 amide bonds. The summed E-state index contributed by atoms with van der Waals surface area (Å²) in [6.45, 7) is 0.787. The van der Waals surface area contributed by atoms with E-state index in [1.807, 2.05) is 18.3 Å². The smallest absolute Gasteiger partial charge is 0.220 e. The molecule has 0 aromatic carbocycles. The molecular formula is C21H33N3O. The third-order valence-corrected chi connectivity index (χ3v) is 6.22. The van der Waals surface area contributed by atoms with Gasteiger partial charge in [-0.3, -0.25) is 9.78 Å². The van der Waals surface area contributed by atoms with Crippen LogP contribution in [0.4, 0.5) is 0 Å². The van der Waals surface area contributed by atoms with Gasteiger partial charge in [0.2, 0.25) is 5.91 Å². The van der Waals surface area contributed by atoms with Crippen molar-refractivity contribution in [3.63, 3.8) is 0 Å². The van der Waals surface area contributed by atoms with E-state index >= 15 is 0 Å². The maximum Gasteiger partial charge on any atom is 0.220 e. The highest BCUT2D eigenvalue weighted by molar-refractivity contribution is 5.76. The molecule has 4 nitrogen and oxygen atoms in total. The van der Waals surface area contributed by atoms with Gasteiger partial charge in [-0.05, 0) is 75.0 Å². The first-order valence-corrected chi connectivity index (χ1v) is 10.2. The number of carbonyl (C=O) groups is 1. The van der Waals surface area contributed by atoms with Gasteiger partial charge in [0, 0.05) is 12.6 Å². The number of carbonyl (C=O) groups excluding carboxylic acids is 1. The van der Waals surface area contributed by atoms with Gasteiger partial charge < -0.3 is 11.1 Å². The Labute approximate surface area is 152 Å². The van der Waals surface area contributed by atoms with Crippen LogP contribution in [0.5, 0.6) is 0 Å². The topological polar surface area (TPSA) is 68.0 Å². The molecule has 0 saturated heterocycles. The van der Waals surface area contributed by atoms with Crippen LogP contribution in [0.15, 0.2) is 24.4 Å². The standard InChI is InChI=1S/C21H33N3O/c22-15-17-9-11-18(12-10-17)21(19-8-4-5-13-23-19)24-20(25)14-16-6-2-1-3-7-16/h4-5,8,13,16-18,21H,1-3,6-7,9-12,14-15,22H2,(H,24,25)/t17?,18?,21-/m0/s1. The first kappa shape index (κ1) is 18.4. The summed E-state index contributed by atoms with van der Waals surface area (Å²) in [5.41, 5.74) is 6.85. The molecule has 3 rings (SSSR count). The van der Waals surface area contributed by atoms with Gasteiger partial charge in [0.15, 0.2) is 0 Å². The Balaban J connectivity index is 1.63. The first-order chi connectivity index (χ1) is 12.3. The lowest BCUT2D eigenvalue weighted by atomic mass is 9.77. The number of nitrogens with two attached hydrogens (primary N) is 1. The fraction of sp³-hybridized carbons (Fsp3) is 0.714. The molecule has 0 aliphatic heterocycles. The number of aromatic nitrogens is 1. The highest BCUT2D eigenvalue weighted by atomic mass is 16.1. The van der Waals surface area contributed by atoms with Crippen molar-refractivity contribution >= 4 is 5.91 Å². The Hall–Kier alpha value is -1.42. The number of nitrogens with zero attached hydrogens (tertiary/aromatic N) is 1. The minimum absolute atomic E-state index is 0.0519. The molecule has 0 spiro atoms. The molecule has 2 saturated carbocycles. The van der Waals surface area contributed by atoms with Crippen molar-refractivity contribution < 1.29 is 4.79 Å². The van der Waals surface area contributed by atoms with Gasteiger partial charge in [-0.25, -0.2) is 0 Å². The zero-order chi connectivity index (χ0) is 17.5. The number of hydrogen-bond donors (Lipinski definition) is 2. The number of pyridine rings is 1. The number of nitrogens with one attached hydrogen (secondary N) is 1. The first-order valence-electron chi connectivity index (χ1n) is 10.2. The number of hydrogen-bond acceptors (Lipinski definition) is 3. The van der Waals surface area contributed by atoms with Crippen LogP contribution in [0.1, 0.15) is 75.9 Å². The lowest BCUT2D eigenvalue weighted by molar-refractivity contribution is -0.123. The van der Waals surface area contributed by atoms with Crippen LogP contribution in [0.25, 0.3) is 0 Å². The van der Waals surface area contributed by atoms with E-state index in [2.05, 4.69) is 16.4 Å². The molecule has 0 unspecified atom stereocenters. The number of rotatable bonds is 6. The Bertz CT molecular complexity index is 519. The lowest BCUT2D eigenvalue weighted by Gasteiger charge is -2.34. The fourth-order valence-electron chi connectivity index (χ4n) is 4.64. The molecule has 4 heteroatoms. The summed E-state index contributed by atoms with van der Waals surface area (Å²) in [5, 5.41) is 3.35. The van der Waals surface area contributed by atoms with Crippen LogP contribution in [0.2, 0.25) is 0 Å². The van der Waals surface area contributed by atoms with Crippen LogP contribution in [-0.2, 0) is 4.79 Å². The van der Waals surface area contributed by atoms with Crippen molar-refractivity contribution in [3.05, 3.63) is 30.1 Å². The monoisotopic (exact) mass is 343 g/mol. The SMILES string of the molecule is NCC1CCC([C@H](NC(=O)CC2CCCCC2)c2ccccn2)CC1. The lowest BCUT2D eigenvalue weighted by Crippen LogP contribution is -2.37. The van der Waals surface area contributed by atoms with E-state index in [1.54, 1.807) is 0 Å². The maximum atomic E-state index is 12.7. The quantitative estimate of drug-likeness (QED) is 0.821. The molecule has 1 aromatic heterocycles. The predicted molar refractivity (Wildman–Crippen MR) is 101 cm³/mol. The van der Waals surface area contributed by atoms with Crippen molar-refractivity contribution in [2.24, 2.45) is 23.5 Å². The zero-order valence-electron chi connectivity index (χ0n) is 15.3. The second-order valence-corrected chi connectivity index (χ2v) is 8.02. The van der Waals surface area contributed by atoms with Crippen molar-refractivity contribution in [2.75, 3.05) is 6.54 Å². The minimum atomic E-state index is 0.0519. The van der Waals surface area contributed by atoms with Gasteiger partial charge in [-0.2, -0.15) is 0 Å². The molecular weight excluding hydrogens is 310 g/mol. The third-order valence-electron chi connectivity index (χ3n) is 6.22. The molecule has 2 aliphatic rings. The predicted octanol–water partition coefficient (Wildman–Crippen LogP) is 3.97. The average Bonchev–Trinajstić information content (AvgIpc) is 2.68. The molecule has 25 heavy (non-hydrogen) atoms. The molecule has 2 aliphatic carbocycles. The van der Waals surface area contributed by atoms with E-state index in [0.29, 0.717) is 24.2 Å². The van der Waals surface area contributed by atoms with Crippen LogP contribution in [0.3, 0.4) is 0 Å². The summed E-state index contributed by atoms with van der Waals surface area (Å²) in [4.78, 5) is 17.3. The normalized spacial score (nSPS) is 26.1. The largest absolute Gasteiger partial charge is 0.347 e. The molecule has 1 atom stereocenters. The molecule has 1 aromatic rings. The van der Waals surface area contributed by atoms with Gasteiger partial charge in [0.1, 0.15) is 0 Å². The van der Waals surface area contributed by atoms with Crippen molar-refractivity contribution in [2.45, 2.75) is 70.3 Å². The molecule has 3 N–H and O–H groups in total. The Morgan fingerprint density at radius 1 is 1.08 bits per heavy atom. The second kappa shape index (κ2) is 9.33. The summed E-state index contributed by atoms with van der Waals surface area (Å²) in [6, 6.07) is 6.07. The van der Waals surface area contributed by atoms with E-state index < -0.39 is 0 Å². The molecule has 2 fully saturated rings. The molecule has 1 heterocycles. The summed E-state index contributed by atoms with van der Waals surface area (Å²) in [7, 11) is 0. The fourth-order valence-corrected chi connectivity index (χ4v) is 4.64. The summed E-state index contributed by atoms with van der Waals surface area (Å²) >= 11 is 0. The van der Waals surface area contributed by atoms with E-state index in [4.69, 9.17) is 5.73 Å². The van der Waals surface area contributed by atoms with Gasteiger partial charge >= 0.3 is 0 Å². The Morgan fingerprint density at radius 2 is 1.84 bits per heavy atom. The highest BCUT2D eigenvalue weighted by Gasteiger charge is 2.30. The van der Waals surface area contributed by atoms with E-state index in [1.165, 1.54) is 44.9 Å². The van der Waals surface area contributed by atoms with Gasteiger partial charge in [-0.1, -0.05) is 25.3 Å². The van der Waals surface area contributed by atoms with Crippen LogP contribution in [0, 0.1) is 17.8 Å². The van der Waals surface area contributed by atoms with Gasteiger partial charge in [0.25, 0.3) is 0 Å². The second-order valence-electron chi connectivity index (χ2n) is 8.02. The summed E-state index contributed by atoms with van der Waals surface area (Å²) in [6.07, 6.45) is 13.4.